The fourth-order valence-electron chi connectivity index (χ4n) is 2.83. The van der Waals surface area contributed by atoms with Crippen LogP contribution in [0.5, 0.6) is 0 Å². The number of carbonyl (C=O) groups is 1. The Kier molecular flexibility index (Phi) is 4.78. The molecule has 0 spiro atoms. The zero-order valence-corrected chi connectivity index (χ0v) is 14.6. The second-order valence-electron chi connectivity index (χ2n) is 6.79. The standard InChI is InChI=1S/C16H21ClN4O2/c1-11-12(6-5-7-13(11)17)16(19-20-18)8-9-21(10-16)14(22)23-15(2,3)4/h5-7H,8-10H2,1-4H3. The van der Waals surface area contributed by atoms with Crippen molar-refractivity contribution < 1.29 is 9.53 Å². The molecule has 2 rings (SSSR count). The predicted octanol–water partition coefficient (Wildman–Crippen LogP) is 4.79. The monoisotopic (exact) mass is 336 g/mol. The van der Waals surface area contributed by atoms with E-state index in [1.54, 1.807) is 11.0 Å². The van der Waals surface area contributed by atoms with E-state index in [1.807, 2.05) is 39.8 Å². The van der Waals surface area contributed by atoms with Crippen molar-refractivity contribution in [3.63, 3.8) is 0 Å². The summed E-state index contributed by atoms with van der Waals surface area (Å²) in [6.45, 7) is 8.11. The van der Waals surface area contributed by atoms with Gasteiger partial charge in [-0.2, -0.15) is 0 Å². The summed E-state index contributed by atoms with van der Waals surface area (Å²) in [7, 11) is 0. The molecule has 1 aromatic rings. The van der Waals surface area contributed by atoms with E-state index < -0.39 is 17.2 Å². The third-order valence-electron chi connectivity index (χ3n) is 3.90. The molecular formula is C16H21ClN4O2. The van der Waals surface area contributed by atoms with Gasteiger partial charge in [0.25, 0.3) is 0 Å². The van der Waals surface area contributed by atoms with E-state index in [4.69, 9.17) is 21.9 Å². The molecule has 1 amide bonds. The molecule has 6 nitrogen and oxygen atoms in total. The van der Waals surface area contributed by atoms with E-state index in [0.29, 0.717) is 18.0 Å². The molecule has 23 heavy (non-hydrogen) atoms. The van der Waals surface area contributed by atoms with Gasteiger partial charge in [-0.15, -0.1) is 0 Å². The first kappa shape index (κ1) is 17.4. The van der Waals surface area contributed by atoms with Gasteiger partial charge in [0.15, 0.2) is 0 Å². The third kappa shape index (κ3) is 3.71. The first-order valence-corrected chi connectivity index (χ1v) is 7.86. The van der Waals surface area contributed by atoms with E-state index in [-0.39, 0.29) is 6.54 Å². The second kappa shape index (κ2) is 6.30. The van der Waals surface area contributed by atoms with E-state index in [9.17, 15) is 4.79 Å². The summed E-state index contributed by atoms with van der Waals surface area (Å²) in [6.07, 6.45) is 0.143. The summed E-state index contributed by atoms with van der Waals surface area (Å²) in [5.74, 6) is 0. The molecule has 0 aromatic heterocycles. The van der Waals surface area contributed by atoms with Crippen molar-refractivity contribution in [1.29, 1.82) is 0 Å². The van der Waals surface area contributed by atoms with Crippen molar-refractivity contribution in [2.45, 2.75) is 45.3 Å². The average Bonchev–Trinajstić information content (AvgIpc) is 2.86. The zero-order valence-electron chi connectivity index (χ0n) is 13.8. The minimum atomic E-state index is -0.805. The van der Waals surface area contributed by atoms with E-state index in [1.165, 1.54) is 0 Å². The molecule has 0 bridgehead atoms. The highest BCUT2D eigenvalue weighted by molar-refractivity contribution is 6.31. The summed E-state index contributed by atoms with van der Waals surface area (Å²) in [6, 6.07) is 5.52. The summed E-state index contributed by atoms with van der Waals surface area (Å²) in [5.41, 5.74) is 9.37. The lowest BCUT2D eigenvalue weighted by Gasteiger charge is -2.28. The molecule has 1 aliphatic rings. The molecule has 7 heteroatoms. The predicted molar refractivity (Wildman–Crippen MR) is 89.4 cm³/mol. The Bertz CT molecular complexity index is 665. The number of rotatable bonds is 2. The molecule has 1 atom stereocenters. The van der Waals surface area contributed by atoms with Gasteiger partial charge < -0.3 is 9.64 Å². The van der Waals surface area contributed by atoms with Crippen LogP contribution >= 0.6 is 11.6 Å². The van der Waals surface area contributed by atoms with Crippen LogP contribution in [0.1, 0.15) is 38.3 Å². The van der Waals surface area contributed by atoms with Crippen molar-refractivity contribution in [2.24, 2.45) is 5.11 Å². The summed E-state index contributed by atoms with van der Waals surface area (Å²) >= 11 is 6.20. The largest absolute Gasteiger partial charge is 0.444 e. The van der Waals surface area contributed by atoms with Crippen molar-refractivity contribution in [1.82, 2.24) is 4.90 Å². The van der Waals surface area contributed by atoms with Gasteiger partial charge in [-0.25, -0.2) is 4.79 Å². The van der Waals surface area contributed by atoms with Crippen molar-refractivity contribution in [2.75, 3.05) is 13.1 Å². The van der Waals surface area contributed by atoms with Crippen molar-refractivity contribution in [3.8, 4) is 0 Å². The second-order valence-corrected chi connectivity index (χ2v) is 7.19. The number of benzene rings is 1. The highest BCUT2D eigenvalue weighted by atomic mass is 35.5. The SMILES string of the molecule is Cc1c(Cl)cccc1C1(N=[N+]=[N-])CCN(C(=O)OC(C)(C)C)C1. The van der Waals surface area contributed by atoms with Crippen LogP contribution in [0.15, 0.2) is 23.3 Å². The highest BCUT2D eigenvalue weighted by Crippen LogP contribution is 2.40. The summed E-state index contributed by atoms with van der Waals surface area (Å²) in [4.78, 5) is 16.9. The number of ether oxygens (including phenoxy) is 1. The van der Waals surface area contributed by atoms with Crippen molar-refractivity contribution >= 4 is 17.7 Å². The van der Waals surface area contributed by atoms with Gasteiger partial charge in [0.05, 0.1) is 5.54 Å². The van der Waals surface area contributed by atoms with Crippen LogP contribution in [0.4, 0.5) is 4.79 Å². The molecule has 124 valence electrons. The Morgan fingerprint density at radius 3 is 2.78 bits per heavy atom. The lowest BCUT2D eigenvalue weighted by atomic mass is 9.87. The Hall–Kier alpha value is -1.91. The molecule has 0 aliphatic carbocycles. The summed E-state index contributed by atoms with van der Waals surface area (Å²) in [5, 5.41) is 4.65. The number of halogens is 1. The number of hydrogen-bond donors (Lipinski definition) is 0. The molecule has 0 radical (unpaired) electrons. The van der Waals surface area contributed by atoms with Crippen LogP contribution in [0, 0.1) is 6.92 Å². The number of nitrogens with zero attached hydrogens (tertiary/aromatic N) is 4. The Balaban J connectivity index is 2.33. The summed E-state index contributed by atoms with van der Waals surface area (Å²) < 4.78 is 5.41. The first-order valence-electron chi connectivity index (χ1n) is 7.48. The molecule has 1 unspecified atom stereocenters. The minimum Gasteiger partial charge on any atom is -0.444 e. The maximum Gasteiger partial charge on any atom is 0.410 e. The highest BCUT2D eigenvalue weighted by Gasteiger charge is 2.43. The number of amides is 1. The number of carbonyl (C=O) groups excluding carboxylic acids is 1. The lowest BCUT2D eigenvalue weighted by molar-refractivity contribution is 0.0284. The molecular weight excluding hydrogens is 316 g/mol. The third-order valence-corrected chi connectivity index (χ3v) is 4.31. The number of azide groups is 1. The van der Waals surface area contributed by atoms with Gasteiger partial charge in [-0.1, -0.05) is 28.8 Å². The molecule has 1 aliphatic heterocycles. The molecule has 1 heterocycles. The fourth-order valence-corrected chi connectivity index (χ4v) is 3.00. The van der Waals surface area contributed by atoms with E-state index in [2.05, 4.69) is 10.0 Å². The fraction of sp³-hybridized carbons (Fsp3) is 0.562. The van der Waals surface area contributed by atoms with Crippen LogP contribution in [-0.2, 0) is 10.3 Å². The normalized spacial score (nSPS) is 21.0. The topological polar surface area (TPSA) is 78.3 Å². The quantitative estimate of drug-likeness (QED) is 0.442. The van der Waals surface area contributed by atoms with Crippen LogP contribution in [0.2, 0.25) is 5.02 Å². The lowest BCUT2D eigenvalue weighted by Crippen LogP contribution is -2.37. The van der Waals surface area contributed by atoms with Crippen molar-refractivity contribution in [3.05, 3.63) is 44.8 Å². The molecule has 1 aromatic carbocycles. The molecule has 0 N–H and O–H groups in total. The van der Waals surface area contributed by atoms with Gasteiger partial charge in [0.1, 0.15) is 5.60 Å². The first-order chi connectivity index (χ1) is 10.7. The van der Waals surface area contributed by atoms with Crippen LogP contribution < -0.4 is 0 Å². The minimum absolute atomic E-state index is 0.285. The Morgan fingerprint density at radius 1 is 1.48 bits per heavy atom. The Labute approximate surface area is 141 Å². The van der Waals surface area contributed by atoms with Crippen LogP contribution in [0.3, 0.4) is 0 Å². The number of likely N-dealkylation sites (tertiary alicyclic amines) is 1. The Morgan fingerprint density at radius 2 is 2.17 bits per heavy atom. The van der Waals surface area contributed by atoms with E-state index in [0.717, 1.165) is 11.1 Å². The molecule has 1 saturated heterocycles. The van der Waals surface area contributed by atoms with Gasteiger partial charge in [-0.05, 0) is 56.8 Å². The van der Waals surface area contributed by atoms with E-state index >= 15 is 0 Å². The number of hydrogen-bond acceptors (Lipinski definition) is 3. The maximum atomic E-state index is 12.3. The van der Waals surface area contributed by atoms with Gasteiger partial charge in [0, 0.05) is 23.0 Å². The van der Waals surface area contributed by atoms with Crippen LogP contribution in [0.25, 0.3) is 10.4 Å². The smallest absolute Gasteiger partial charge is 0.410 e. The van der Waals surface area contributed by atoms with Gasteiger partial charge >= 0.3 is 6.09 Å². The van der Waals surface area contributed by atoms with Gasteiger partial charge in [-0.3, -0.25) is 0 Å². The average molecular weight is 337 g/mol. The molecule has 0 saturated carbocycles. The van der Waals surface area contributed by atoms with Gasteiger partial charge in [0.2, 0.25) is 0 Å². The molecule has 1 fully saturated rings. The zero-order chi connectivity index (χ0) is 17.3. The maximum absolute atomic E-state index is 12.3. The van der Waals surface area contributed by atoms with Crippen LogP contribution in [-0.4, -0.2) is 29.7 Å².